The third-order valence-corrected chi connectivity index (χ3v) is 4.01. The van der Waals surface area contributed by atoms with Gasteiger partial charge < -0.3 is 10.1 Å². The number of nitrogens with one attached hydrogen (secondary N) is 2. The minimum atomic E-state index is -0.331. The Morgan fingerprint density at radius 3 is 2.61 bits per heavy atom. The van der Waals surface area contributed by atoms with E-state index in [1.54, 1.807) is 18.2 Å². The molecule has 2 N–H and O–H groups in total. The quantitative estimate of drug-likeness (QED) is 0.532. The predicted molar refractivity (Wildman–Crippen MR) is 105 cm³/mol. The van der Waals surface area contributed by atoms with Crippen molar-refractivity contribution in [2.75, 3.05) is 11.9 Å². The van der Waals surface area contributed by atoms with Crippen LogP contribution in [0.15, 0.2) is 42.5 Å². The molecule has 2 aromatic carbocycles. The first kappa shape index (κ1) is 18.0. The summed E-state index contributed by atoms with van der Waals surface area (Å²) in [7, 11) is 0. The first-order chi connectivity index (χ1) is 10.9. The number of carbonyl (C=O) groups is 1. The molecule has 4 nitrogen and oxygen atoms in total. The monoisotopic (exact) mass is 460 g/mol. The predicted octanol–water partition coefficient (Wildman–Crippen LogP) is 4.15. The molecule has 0 saturated carbocycles. The molecule has 0 aliphatic heterocycles. The Morgan fingerprint density at radius 1 is 1.26 bits per heavy atom. The maximum absolute atomic E-state index is 11.9. The topological polar surface area (TPSA) is 50.4 Å². The van der Waals surface area contributed by atoms with Crippen LogP contribution in [0.2, 0.25) is 5.02 Å². The normalized spacial score (nSPS) is 10.0. The van der Waals surface area contributed by atoms with Crippen LogP contribution in [0.3, 0.4) is 0 Å². The molecular formula is C16H14ClIN2O2S. The highest BCUT2D eigenvalue weighted by Crippen LogP contribution is 2.21. The number of halogens is 2. The van der Waals surface area contributed by atoms with Crippen molar-refractivity contribution in [3.05, 3.63) is 56.6 Å². The lowest BCUT2D eigenvalue weighted by Gasteiger charge is -2.11. The van der Waals surface area contributed by atoms with Gasteiger partial charge >= 0.3 is 0 Å². The Labute approximate surface area is 158 Å². The number of thiocarbonyl (C=S) groups is 1. The third-order valence-electron chi connectivity index (χ3n) is 2.85. The maximum atomic E-state index is 11.9. The summed E-state index contributed by atoms with van der Waals surface area (Å²) in [6, 6.07) is 12.9. The fourth-order valence-corrected chi connectivity index (χ4v) is 2.59. The molecule has 120 valence electrons. The van der Waals surface area contributed by atoms with Crippen LogP contribution < -0.4 is 15.4 Å². The summed E-state index contributed by atoms with van der Waals surface area (Å²) in [4.78, 5) is 11.9. The van der Waals surface area contributed by atoms with Crippen molar-refractivity contribution in [3.8, 4) is 5.75 Å². The van der Waals surface area contributed by atoms with Crippen molar-refractivity contribution in [1.82, 2.24) is 5.32 Å². The van der Waals surface area contributed by atoms with E-state index in [0.717, 1.165) is 14.8 Å². The molecule has 0 spiro atoms. The molecule has 0 aliphatic carbocycles. The molecule has 0 atom stereocenters. The van der Waals surface area contributed by atoms with E-state index in [9.17, 15) is 4.79 Å². The first-order valence-electron chi connectivity index (χ1n) is 6.69. The Bertz CT molecular complexity index is 723. The van der Waals surface area contributed by atoms with Gasteiger partial charge in [-0.2, -0.15) is 0 Å². The van der Waals surface area contributed by atoms with Crippen LogP contribution in [0, 0.1) is 10.5 Å². The Balaban J connectivity index is 1.82. The molecule has 0 fully saturated rings. The van der Waals surface area contributed by atoms with Crippen LogP contribution in [0.25, 0.3) is 0 Å². The lowest BCUT2D eigenvalue weighted by atomic mass is 10.2. The van der Waals surface area contributed by atoms with E-state index in [1.165, 1.54) is 0 Å². The lowest BCUT2D eigenvalue weighted by molar-refractivity contribution is -0.121. The number of anilines is 1. The average Bonchev–Trinajstić information content (AvgIpc) is 2.48. The highest BCUT2D eigenvalue weighted by molar-refractivity contribution is 14.1. The number of aryl methyl sites for hydroxylation is 1. The van der Waals surface area contributed by atoms with Crippen LogP contribution in [-0.4, -0.2) is 17.6 Å². The van der Waals surface area contributed by atoms with Gasteiger partial charge in [-0.3, -0.25) is 10.1 Å². The number of rotatable bonds is 4. The molecule has 0 aromatic heterocycles. The molecule has 0 bridgehead atoms. The summed E-state index contributed by atoms with van der Waals surface area (Å²) in [6.07, 6.45) is 0. The zero-order chi connectivity index (χ0) is 16.8. The smallest absolute Gasteiger partial charge is 0.264 e. The number of amides is 1. The van der Waals surface area contributed by atoms with Gasteiger partial charge in [0.05, 0.1) is 0 Å². The third kappa shape index (κ3) is 5.96. The van der Waals surface area contributed by atoms with E-state index in [2.05, 4.69) is 33.2 Å². The van der Waals surface area contributed by atoms with Crippen LogP contribution in [0.1, 0.15) is 5.56 Å². The highest BCUT2D eigenvalue weighted by Gasteiger charge is 2.07. The standard InChI is InChI=1S/C16H14ClIN2O2S/c1-10-8-11(17)2-7-14(10)22-9-15(21)20-16(23)19-13-5-3-12(18)4-6-13/h2-8H,9H2,1H3,(H2,19,20,21,23). The fraction of sp³-hybridized carbons (Fsp3) is 0.125. The van der Waals surface area contributed by atoms with E-state index < -0.39 is 0 Å². The van der Waals surface area contributed by atoms with Crippen molar-refractivity contribution in [2.45, 2.75) is 6.92 Å². The molecule has 2 aromatic rings. The van der Waals surface area contributed by atoms with Crippen LogP contribution in [0.4, 0.5) is 5.69 Å². The maximum Gasteiger partial charge on any atom is 0.264 e. The van der Waals surface area contributed by atoms with Gasteiger partial charge in [-0.05, 0) is 89.8 Å². The number of hydrogen-bond acceptors (Lipinski definition) is 3. The minimum absolute atomic E-state index is 0.128. The van der Waals surface area contributed by atoms with Gasteiger partial charge in [-0.25, -0.2) is 0 Å². The SMILES string of the molecule is Cc1cc(Cl)ccc1OCC(=O)NC(=S)Nc1ccc(I)cc1. The van der Waals surface area contributed by atoms with Crippen LogP contribution in [0.5, 0.6) is 5.75 Å². The molecule has 2 rings (SSSR count). The Kier molecular flexibility index (Phi) is 6.61. The molecular weight excluding hydrogens is 447 g/mol. The fourth-order valence-electron chi connectivity index (χ4n) is 1.78. The Hall–Kier alpha value is -1.38. The van der Waals surface area contributed by atoms with E-state index in [-0.39, 0.29) is 17.6 Å². The van der Waals surface area contributed by atoms with Gasteiger partial charge in [0.15, 0.2) is 11.7 Å². The van der Waals surface area contributed by atoms with Gasteiger partial charge in [-0.15, -0.1) is 0 Å². The van der Waals surface area contributed by atoms with Crippen molar-refractivity contribution in [1.29, 1.82) is 0 Å². The molecule has 0 aliphatic rings. The summed E-state index contributed by atoms with van der Waals surface area (Å²) < 4.78 is 6.58. The van der Waals surface area contributed by atoms with Crippen LogP contribution in [-0.2, 0) is 4.79 Å². The van der Waals surface area contributed by atoms with Gasteiger partial charge in [0, 0.05) is 14.3 Å². The van der Waals surface area contributed by atoms with Crippen LogP contribution >= 0.6 is 46.4 Å². The highest BCUT2D eigenvalue weighted by atomic mass is 127. The number of carbonyl (C=O) groups excluding carboxylic acids is 1. The molecule has 0 radical (unpaired) electrons. The molecule has 0 saturated heterocycles. The van der Waals surface area contributed by atoms with Crippen molar-refractivity contribution >= 4 is 63.1 Å². The van der Waals surface area contributed by atoms with Crippen molar-refractivity contribution in [2.24, 2.45) is 0 Å². The van der Waals surface area contributed by atoms with E-state index in [0.29, 0.717) is 10.8 Å². The largest absolute Gasteiger partial charge is 0.483 e. The van der Waals surface area contributed by atoms with E-state index >= 15 is 0 Å². The number of benzene rings is 2. The second-order valence-corrected chi connectivity index (χ2v) is 6.80. The summed E-state index contributed by atoms with van der Waals surface area (Å²) in [6.45, 7) is 1.74. The summed E-state index contributed by atoms with van der Waals surface area (Å²) >= 11 is 13.2. The van der Waals surface area contributed by atoms with Gasteiger partial charge in [-0.1, -0.05) is 11.6 Å². The van der Waals surface area contributed by atoms with Gasteiger partial charge in [0.2, 0.25) is 0 Å². The summed E-state index contributed by atoms with van der Waals surface area (Å²) in [5.41, 5.74) is 1.68. The second kappa shape index (κ2) is 8.47. The number of ether oxygens (including phenoxy) is 1. The minimum Gasteiger partial charge on any atom is -0.483 e. The molecule has 0 unspecified atom stereocenters. The van der Waals surface area contributed by atoms with Crippen molar-refractivity contribution in [3.63, 3.8) is 0 Å². The van der Waals surface area contributed by atoms with Crippen molar-refractivity contribution < 1.29 is 9.53 Å². The average molecular weight is 461 g/mol. The number of hydrogen-bond donors (Lipinski definition) is 2. The zero-order valence-corrected chi connectivity index (χ0v) is 16.0. The molecule has 7 heteroatoms. The molecule has 23 heavy (non-hydrogen) atoms. The molecule has 1 amide bonds. The molecule has 0 heterocycles. The Morgan fingerprint density at radius 2 is 1.96 bits per heavy atom. The first-order valence-corrected chi connectivity index (χ1v) is 8.56. The van der Waals surface area contributed by atoms with Gasteiger partial charge in [0.1, 0.15) is 5.75 Å². The summed E-state index contributed by atoms with van der Waals surface area (Å²) in [5, 5.41) is 6.37. The second-order valence-electron chi connectivity index (χ2n) is 4.71. The van der Waals surface area contributed by atoms with Gasteiger partial charge in [0.25, 0.3) is 5.91 Å². The lowest BCUT2D eigenvalue weighted by Crippen LogP contribution is -2.37. The summed E-state index contributed by atoms with van der Waals surface area (Å²) in [5.74, 6) is 0.281. The van der Waals surface area contributed by atoms with E-state index in [4.69, 9.17) is 28.6 Å². The zero-order valence-electron chi connectivity index (χ0n) is 12.2. The van der Waals surface area contributed by atoms with E-state index in [1.807, 2.05) is 31.2 Å².